The summed E-state index contributed by atoms with van der Waals surface area (Å²) in [5.41, 5.74) is 7.88. The van der Waals surface area contributed by atoms with E-state index in [1.165, 1.54) is 48.1 Å². The Morgan fingerprint density at radius 1 is 0.929 bits per heavy atom. The van der Waals surface area contributed by atoms with Crippen LogP contribution < -0.4 is 10.6 Å². The number of nitrogens with one attached hydrogen (secondary N) is 2. The fourth-order valence-electron chi connectivity index (χ4n) is 5.97. The fraction of sp³-hybridized carbons (Fsp3) is 0.440. The standard InChI is InChI=1S/C25H28N2S/c1-2-4-21-18(3-1)7-8-24(21)9-14-27-23(16-24)19-5-6-20-17-28-25(22(20)15-19)10-12-26-13-11-25/h1-8,15,23,26-27H,9-14,16-17H2. The third-order valence-corrected chi connectivity index (χ3v) is 9.19. The molecule has 144 valence electrons. The lowest BCUT2D eigenvalue weighted by Gasteiger charge is -2.39. The zero-order chi connectivity index (χ0) is 18.6. The smallest absolute Gasteiger partial charge is 0.0438 e. The highest BCUT2D eigenvalue weighted by atomic mass is 32.2. The lowest BCUT2D eigenvalue weighted by Crippen LogP contribution is -2.40. The van der Waals surface area contributed by atoms with Crippen LogP contribution in [0.25, 0.3) is 6.08 Å². The molecule has 2 aromatic carbocycles. The van der Waals surface area contributed by atoms with Crippen molar-refractivity contribution in [3.05, 3.63) is 76.4 Å². The summed E-state index contributed by atoms with van der Waals surface area (Å²) in [5.74, 6) is 1.19. The molecule has 4 aliphatic rings. The summed E-state index contributed by atoms with van der Waals surface area (Å²) in [6.07, 6.45) is 9.75. The Labute approximate surface area is 172 Å². The first-order valence-corrected chi connectivity index (χ1v) is 11.8. The van der Waals surface area contributed by atoms with Crippen LogP contribution in [0.2, 0.25) is 0 Å². The van der Waals surface area contributed by atoms with Gasteiger partial charge in [-0.2, -0.15) is 0 Å². The maximum Gasteiger partial charge on any atom is 0.0438 e. The SMILES string of the molecule is C1=CC2(CCNC(c3ccc4c(c3)C3(CCNCC3)SC4)C2)c2ccccc21. The van der Waals surface area contributed by atoms with Crippen molar-refractivity contribution < 1.29 is 0 Å². The molecular formula is C25H28N2S. The van der Waals surface area contributed by atoms with Gasteiger partial charge in [-0.25, -0.2) is 0 Å². The number of hydrogen-bond donors (Lipinski definition) is 2. The Hall–Kier alpha value is -1.55. The van der Waals surface area contributed by atoms with Gasteiger partial charge in [-0.3, -0.25) is 0 Å². The molecule has 6 rings (SSSR count). The van der Waals surface area contributed by atoms with Crippen LogP contribution in [-0.4, -0.2) is 19.6 Å². The number of hydrogen-bond acceptors (Lipinski definition) is 3. The zero-order valence-electron chi connectivity index (χ0n) is 16.3. The molecule has 3 aliphatic heterocycles. The minimum absolute atomic E-state index is 0.215. The van der Waals surface area contributed by atoms with Crippen LogP contribution in [0.15, 0.2) is 48.5 Å². The minimum atomic E-state index is 0.215. The molecule has 2 N–H and O–H groups in total. The van der Waals surface area contributed by atoms with E-state index in [-0.39, 0.29) is 5.41 Å². The number of allylic oxidation sites excluding steroid dienone is 1. The first-order valence-electron chi connectivity index (χ1n) is 10.8. The molecule has 0 aromatic heterocycles. The van der Waals surface area contributed by atoms with Gasteiger partial charge in [0.2, 0.25) is 0 Å². The molecule has 0 amide bonds. The molecular weight excluding hydrogens is 360 g/mol. The van der Waals surface area contributed by atoms with Crippen LogP contribution in [0.3, 0.4) is 0 Å². The Morgan fingerprint density at radius 2 is 1.82 bits per heavy atom. The van der Waals surface area contributed by atoms with Crippen LogP contribution in [0.1, 0.15) is 59.5 Å². The quantitative estimate of drug-likeness (QED) is 0.726. The van der Waals surface area contributed by atoms with Crippen LogP contribution in [0.4, 0.5) is 0 Å². The second-order valence-electron chi connectivity index (χ2n) is 8.99. The van der Waals surface area contributed by atoms with Crippen molar-refractivity contribution in [2.75, 3.05) is 19.6 Å². The summed E-state index contributed by atoms with van der Waals surface area (Å²) < 4.78 is 0.364. The summed E-state index contributed by atoms with van der Waals surface area (Å²) >= 11 is 2.19. The van der Waals surface area contributed by atoms with Gasteiger partial charge in [-0.15, -0.1) is 11.8 Å². The molecule has 0 saturated carbocycles. The molecule has 3 heteroatoms. The average molecular weight is 389 g/mol. The highest BCUT2D eigenvalue weighted by Crippen LogP contribution is 2.53. The number of rotatable bonds is 1. The molecule has 1 aliphatic carbocycles. The van der Waals surface area contributed by atoms with E-state index in [1.807, 2.05) is 0 Å². The Bertz CT molecular complexity index is 938. The number of fused-ring (bicyclic) bond motifs is 4. The highest BCUT2D eigenvalue weighted by Gasteiger charge is 2.42. The molecule has 2 nitrogen and oxygen atoms in total. The van der Waals surface area contributed by atoms with Gasteiger partial charge < -0.3 is 10.6 Å². The van der Waals surface area contributed by atoms with Crippen LogP contribution in [-0.2, 0) is 15.9 Å². The molecule has 2 atom stereocenters. The Kier molecular flexibility index (Phi) is 4.01. The predicted molar refractivity (Wildman–Crippen MR) is 119 cm³/mol. The van der Waals surface area contributed by atoms with E-state index in [9.17, 15) is 0 Å². The van der Waals surface area contributed by atoms with Crippen molar-refractivity contribution >= 4 is 17.8 Å². The van der Waals surface area contributed by atoms with E-state index in [0.717, 1.165) is 19.6 Å². The monoisotopic (exact) mass is 388 g/mol. The van der Waals surface area contributed by atoms with Gasteiger partial charge in [0.25, 0.3) is 0 Å². The Morgan fingerprint density at radius 3 is 2.75 bits per heavy atom. The van der Waals surface area contributed by atoms with E-state index in [2.05, 4.69) is 77.0 Å². The fourth-order valence-corrected chi connectivity index (χ4v) is 7.50. The maximum atomic E-state index is 3.85. The van der Waals surface area contributed by atoms with Gasteiger partial charge >= 0.3 is 0 Å². The number of benzene rings is 2. The van der Waals surface area contributed by atoms with Crippen molar-refractivity contribution in [1.82, 2.24) is 10.6 Å². The predicted octanol–water partition coefficient (Wildman–Crippen LogP) is 4.90. The summed E-state index contributed by atoms with van der Waals surface area (Å²) in [7, 11) is 0. The summed E-state index contributed by atoms with van der Waals surface area (Å²) in [5, 5.41) is 7.40. The van der Waals surface area contributed by atoms with E-state index >= 15 is 0 Å². The number of piperidine rings is 2. The first-order chi connectivity index (χ1) is 13.8. The van der Waals surface area contributed by atoms with Crippen LogP contribution in [0, 0.1) is 0 Å². The third kappa shape index (κ3) is 2.56. The minimum Gasteiger partial charge on any atom is -0.317 e. The second-order valence-corrected chi connectivity index (χ2v) is 10.3. The number of thioether (sulfide) groups is 1. The normalized spacial score (nSPS) is 29.9. The van der Waals surface area contributed by atoms with Gasteiger partial charge in [0.15, 0.2) is 0 Å². The van der Waals surface area contributed by atoms with Crippen molar-refractivity contribution in [3.63, 3.8) is 0 Å². The topological polar surface area (TPSA) is 24.1 Å². The molecule has 2 saturated heterocycles. The maximum absolute atomic E-state index is 3.85. The molecule has 0 radical (unpaired) electrons. The van der Waals surface area contributed by atoms with Gasteiger partial charge in [0.1, 0.15) is 0 Å². The summed E-state index contributed by atoms with van der Waals surface area (Å²) in [6, 6.07) is 16.8. The molecule has 3 heterocycles. The van der Waals surface area contributed by atoms with E-state index in [0.29, 0.717) is 10.8 Å². The zero-order valence-corrected chi connectivity index (χ0v) is 17.2. The van der Waals surface area contributed by atoms with Gasteiger partial charge in [0, 0.05) is 22.0 Å². The first kappa shape index (κ1) is 17.3. The van der Waals surface area contributed by atoms with Crippen LogP contribution >= 0.6 is 11.8 Å². The largest absolute Gasteiger partial charge is 0.317 e. The highest BCUT2D eigenvalue weighted by molar-refractivity contribution is 7.99. The van der Waals surface area contributed by atoms with Crippen molar-refractivity contribution in [1.29, 1.82) is 0 Å². The lowest BCUT2D eigenvalue weighted by atomic mass is 9.71. The third-order valence-electron chi connectivity index (χ3n) is 7.55. The molecule has 2 unspecified atom stereocenters. The van der Waals surface area contributed by atoms with Crippen LogP contribution in [0.5, 0.6) is 0 Å². The summed E-state index contributed by atoms with van der Waals surface area (Å²) in [4.78, 5) is 0. The average Bonchev–Trinajstić information content (AvgIpc) is 3.28. The van der Waals surface area contributed by atoms with Gasteiger partial charge in [-0.05, 0) is 73.1 Å². The van der Waals surface area contributed by atoms with Gasteiger partial charge in [0.05, 0.1) is 0 Å². The molecule has 2 fully saturated rings. The Balaban J connectivity index is 1.34. The van der Waals surface area contributed by atoms with Crippen molar-refractivity contribution in [2.45, 2.75) is 47.6 Å². The lowest BCUT2D eigenvalue weighted by molar-refractivity contribution is 0.307. The summed E-state index contributed by atoms with van der Waals surface area (Å²) in [6.45, 7) is 3.40. The molecule has 28 heavy (non-hydrogen) atoms. The molecule has 0 bridgehead atoms. The van der Waals surface area contributed by atoms with Crippen molar-refractivity contribution in [2.24, 2.45) is 0 Å². The van der Waals surface area contributed by atoms with E-state index < -0.39 is 0 Å². The second kappa shape index (κ2) is 6.48. The molecule has 2 aromatic rings. The molecule has 2 spiro atoms. The van der Waals surface area contributed by atoms with Crippen molar-refractivity contribution in [3.8, 4) is 0 Å². The van der Waals surface area contributed by atoms with E-state index in [4.69, 9.17) is 0 Å². The van der Waals surface area contributed by atoms with Gasteiger partial charge in [-0.1, -0.05) is 54.6 Å². The van der Waals surface area contributed by atoms with E-state index in [1.54, 1.807) is 11.1 Å².